The van der Waals surface area contributed by atoms with Crippen LogP contribution in [0.25, 0.3) is 5.95 Å². The predicted octanol–water partition coefficient (Wildman–Crippen LogP) is 1.23. The molecule has 0 saturated heterocycles. The maximum atomic E-state index is 12.2. The second kappa shape index (κ2) is 8.35. The number of carbonyl (C=O) groups excluding carboxylic acids is 2. The lowest BCUT2D eigenvalue weighted by Gasteiger charge is -2.11. The van der Waals surface area contributed by atoms with Crippen LogP contribution in [0.2, 0.25) is 0 Å². The molecule has 0 bridgehead atoms. The van der Waals surface area contributed by atoms with Gasteiger partial charge < -0.3 is 16.1 Å². The lowest BCUT2D eigenvalue weighted by molar-refractivity contribution is -0.113. The Morgan fingerprint density at radius 3 is 2.45 bits per heavy atom. The monoisotopic (exact) mass is 414 g/mol. The third kappa shape index (κ3) is 4.57. The van der Waals surface area contributed by atoms with Crippen molar-refractivity contribution in [2.45, 2.75) is 19.0 Å². The van der Waals surface area contributed by atoms with Crippen LogP contribution in [0.5, 0.6) is 0 Å². The first-order chi connectivity index (χ1) is 13.8. The number of anilines is 1. The molecule has 29 heavy (non-hydrogen) atoms. The van der Waals surface area contributed by atoms with Gasteiger partial charge in [-0.1, -0.05) is 11.8 Å². The third-order valence-corrected chi connectivity index (χ3v) is 4.94. The summed E-state index contributed by atoms with van der Waals surface area (Å²) >= 11 is 1.16. The van der Waals surface area contributed by atoms with Crippen molar-refractivity contribution in [3.05, 3.63) is 47.3 Å². The van der Waals surface area contributed by atoms with Crippen molar-refractivity contribution in [1.82, 2.24) is 29.6 Å². The molecular formula is C18H22N8O2S. The molecule has 0 aliphatic carbocycles. The summed E-state index contributed by atoms with van der Waals surface area (Å²) in [5.74, 6) is 6.22. The molecule has 10 nitrogen and oxygen atoms in total. The van der Waals surface area contributed by atoms with E-state index in [9.17, 15) is 9.59 Å². The van der Waals surface area contributed by atoms with Crippen LogP contribution in [-0.4, -0.2) is 61.2 Å². The molecule has 1 aromatic carbocycles. The Bertz CT molecular complexity index is 1040. The number of hydrogen-bond donors (Lipinski definition) is 2. The van der Waals surface area contributed by atoms with Crippen LogP contribution in [0.4, 0.5) is 5.69 Å². The van der Waals surface area contributed by atoms with Crippen LogP contribution in [0.3, 0.4) is 0 Å². The molecule has 0 fully saturated rings. The molecule has 2 aromatic heterocycles. The van der Waals surface area contributed by atoms with Crippen molar-refractivity contribution in [2.75, 3.05) is 31.0 Å². The second-order valence-corrected chi connectivity index (χ2v) is 7.55. The summed E-state index contributed by atoms with van der Waals surface area (Å²) in [5, 5.41) is 15.6. The third-order valence-electron chi connectivity index (χ3n) is 4.00. The normalized spacial score (nSPS) is 10.8. The van der Waals surface area contributed by atoms with Gasteiger partial charge in [0.15, 0.2) is 0 Å². The van der Waals surface area contributed by atoms with Gasteiger partial charge in [0.2, 0.25) is 11.1 Å². The van der Waals surface area contributed by atoms with E-state index in [1.807, 2.05) is 19.9 Å². The predicted molar refractivity (Wildman–Crippen MR) is 111 cm³/mol. The van der Waals surface area contributed by atoms with Gasteiger partial charge in [0, 0.05) is 31.0 Å². The number of hydrogen-bond acceptors (Lipinski definition) is 7. The Morgan fingerprint density at radius 2 is 1.86 bits per heavy atom. The molecule has 0 atom stereocenters. The standard InChI is InChI=1S/C18H22N8O2S/c1-11-9-12(2)26(23-11)17-21-22-18(25(17)19)29-10-15(27)20-14-7-5-13(6-8-14)16(28)24(3)4/h5-9H,10,19H2,1-4H3,(H,20,27). The van der Waals surface area contributed by atoms with Gasteiger partial charge in [-0.2, -0.15) is 5.10 Å². The maximum Gasteiger partial charge on any atom is 0.271 e. The lowest BCUT2D eigenvalue weighted by atomic mass is 10.2. The number of aromatic nitrogens is 5. The van der Waals surface area contributed by atoms with Gasteiger partial charge in [-0.15, -0.1) is 10.2 Å². The SMILES string of the molecule is Cc1cc(C)n(-c2nnc(SCC(=O)Nc3ccc(C(=O)N(C)C)cc3)n2N)n1. The minimum atomic E-state index is -0.225. The fraction of sp³-hybridized carbons (Fsp3) is 0.278. The average molecular weight is 414 g/mol. The molecule has 3 N–H and O–H groups in total. The van der Waals surface area contributed by atoms with Gasteiger partial charge >= 0.3 is 0 Å². The topological polar surface area (TPSA) is 124 Å². The van der Waals surface area contributed by atoms with Crippen molar-refractivity contribution < 1.29 is 9.59 Å². The largest absolute Gasteiger partial charge is 0.345 e. The highest BCUT2D eigenvalue weighted by atomic mass is 32.2. The van der Waals surface area contributed by atoms with Gasteiger partial charge in [0.25, 0.3) is 11.9 Å². The van der Waals surface area contributed by atoms with Crippen molar-refractivity contribution in [3.63, 3.8) is 0 Å². The number of rotatable bonds is 6. The van der Waals surface area contributed by atoms with Crippen molar-refractivity contribution in [2.24, 2.45) is 0 Å². The molecule has 0 unspecified atom stereocenters. The number of benzene rings is 1. The second-order valence-electron chi connectivity index (χ2n) is 6.61. The summed E-state index contributed by atoms with van der Waals surface area (Å²) in [6, 6.07) is 8.62. The number of aryl methyl sites for hydroxylation is 2. The highest BCUT2D eigenvalue weighted by Gasteiger charge is 2.16. The fourth-order valence-electron chi connectivity index (χ4n) is 2.63. The molecule has 2 heterocycles. The fourth-order valence-corrected chi connectivity index (χ4v) is 3.28. The first-order valence-corrected chi connectivity index (χ1v) is 9.73. The summed E-state index contributed by atoms with van der Waals surface area (Å²) in [5.41, 5.74) is 2.88. The maximum absolute atomic E-state index is 12.2. The first kappa shape index (κ1) is 20.4. The van der Waals surface area contributed by atoms with Crippen LogP contribution in [-0.2, 0) is 4.79 Å². The smallest absolute Gasteiger partial charge is 0.271 e. The number of thioether (sulfide) groups is 1. The minimum absolute atomic E-state index is 0.0980. The quantitative estimate of drug-likeness (QED) is 0.459. The van der Waals surface area contributed by atoms with Crippen molar-refractivity contribution in [1.29, 1.82) is 0 Å². The zero-order valence-corrected chi connectivity index (χ0v) is 17.4. The molecule has 0 saturated carbocycles. The highest BCUT2D eigenvalue weighted by Crippen LogP contribution is 2.18. The summed E-state index contributed by atoms with van der Waals surface area (Å²) in [4.78, 5) is 25.6. The van der Waals surface area contributed by atoms with E-state index in [1.165, 1.54) is 9.58 Å². The zero-order valence-electron chi connectivity index (χ0n) is 16.6. The molecule has 0 aliphatic rings. The number of amides is 2. The van der Waals surface area contributed by atoms with Crippen LogP contribution in [0, 0.1) is 13.8 Å². The summed E-state index contributed by atoms with van der Waals surface area (Å²) in [7, 11) is 3.37. The number of nitrogens with two attached hydrogens (primary N) is 1. The van der Waals surface area contributed by atoms with E-state index in [-0.39, 0.29) is 17.6 Å². The Morgan fingerprint density at radius 1 is 1.17 bits per heavy atom. The van der Waals surface area contributed by atoms with E-state index in [4.69, 9.17) is 5.84 Å². The lowest BCUT2D eigenvalue weighted by Crippen LogP contribution is -2.21. The zero-order chi connectivity index (χ0) is 21.1. The summed E-state index contributed by atoms with van der Waals surface area (Å²) in [6.07, 6.45) is 0. The Kier molecular flexibility index (Phi) is 5.87. The van der Waals surface area contributed by atoms with Crippen LogP contribution < -0.4 is 11.2 Å². The number of nitrogens with one attached hydrogen (secondary N) is 1. The molecule has 0 aliphatic heterocycles. The Balaban J connectivity index is 1.60. The van der Waals surface area contributed by atoms with Crippen LogP contribution >= 0.6 is 11.8 Å². The first-order valence-electron chi connectivity index (χ1n) is 8.74. The number of carbonyl (C=O) groups is 2. The van der Waals surface area contributed by atoms with E-state index in [1.54, 1.807) is 43.0 Å². The van der Waals surface area contributed by atoms with Crippen molar-refractivity contribution >= 4 is 29.3 Å². The van der Waals surface area contributed by atoms with E-state index in [0.29, 0.717) is 22.4 Å². The molecule has 152 valence electrons. The van der Waals surface area contributed by atoms with Gasteiger partial charge in [0.05, 0.1) is 11.4 Å². The highest BCUT2D eigenvalue weighted by molar-refractivity contribution is 7.99. The Hall–Kier alpha value is -3.34. The van der Waals surface area contributed by atoms with E-state index >= 15 is 0 Å². The number of nitrogen functional groups attached to an aromatic ring is 1. The molecular weight excluding hydrogens is 392 g/mol. The molecule has 0 radical (unpaired) electrons. The van der Waals surface area contributed by atoms with E-state index in [2.05, 4.69) is 20.6 Å². The van der Waals surface area contributed by atoms with E-state index in [0.717, 1.165) is 23.1 Å². The van der Waals surface area contributed by atoms with Gasteiger partial charge in [0.1, 0.15) is 0 Å². The molecule has 11 heteroatoms. The van der Waals surface area contributed by atoms with Gasteiger partial charge in [-0.05, 0) is 44.2 Å². The molecule has 3 rings (SSSR count). The number of nitrogens with zero attached hydrogens (tertiary/aromatic N) is 6. The van der Waals surface area contributed by atoms with Gasteiger partial charge in [-0.25, -0.2) is 9.36 Å². The van der Waals surface area contributed by atoms with E-state index < -0.39 is 0 Å². The molecule has 3 aromatic rings. The van der Waals surface area contributed by atoms with Gasteiger partial charge in [-0.3, -0.25) is 9.59 Å². The average Bonchev–Trinajstić information content (AvgIpc) is 3.20. The summed E-state index contributed by atoms with van der Waals surface area (Å²) < 4.78 is 2.90. The Labute approximate surface area is 172 Å². The van der Waals surface area contributed by atoms with Crippen molar-refractivity contribution in [3.8, 4) is 5.95 Å². The van der Waals surface area contributed by atoms with Crippen LogP contribution in [0.15, 0.2) is 35.5 Å². The molecule has 2 amide bonds. The summed E-state index contributed by atoms with van der Waals surface area (Å²) in [6.45, 7) is 3.77. The van der Waals surface area contributed by atoms with Crippen LogP contribution in [0.1, 0.15) is 21.7 Å². The molecule has 0 spiro atoms. The minimum Gasteiger partial charge on any atom is -0.345 e.